The number of benzene rings is 1. The van der Waals surface area contributed by atoms with Gasteiger partial charge in [0.25, 0.3) is 0 Å². The Bertz CT molecular complexity index is 427. The first kappa shape index (κ1) is 18.7. The van der Waals surface area contributed by atoms with Crippen molar-refractivity contribution in [2.75, 3.05) is 13.7 Å². The maximum atomic E-state index is 11.0. The van der Waals surface area contributed by atoms with Crippen LogP contribution in [0.25, 0.3) is 0 Å². The van der Waals surface area contributed by atoms with Crippen LogP contribution in [0.3, 0.4) is 0 Å². The summed E-state index contributed by atoms with van der Waals surface area (Å²) in [5.41, 5.74) is 12.5. The number of halogens is 1. The van der Waals surface area contributed by atoms with Crippen LogP contribution >= 0.6 is 12.4 Å². The first-order valence-corrected chi connectivity index (χ1v) is 6.40. The summed E-state index contributed by atoms with van der Waals surface area (Å²) in [4.78, 5) is 11.0. The van der Waals surface area contributed by atoms with Gasteiger partial charge in [-0.15, -0.1) is 12.4 Å². The van der Waals surface area contributed by atoms with Crippen molar-refractivity contribution in [1.29, 1.82) is 0 Å². The molecule has 20 heavy (non-hydrogen) atoms. The third kappa shape index (κ3) is 5.77. The zero-order chi connectivity index (χ0) is 14.3. The largest absolute Gasteiger partial charge is 0.493 e. The van der Waals surface area contributed by atoms with Gasteiger partial charge in [-0.3, -0.25) is 4.79 Å². The summed E-state index contributed by atoms with van der Waals surface area (Å²) in [7, 11) is 1.53. The highest BCUT2D eigenvalue weighted by Crippen LogP contribution is 2.31. The average molecular weight is 303 g/mol. The molecule has 5 nitrogen and oxygen atoms in total. The van der Waals surface area contributed by atoms with Crippen LogP contribution in [-0.2, 0) is 4.79 Å². The summed E-state index contributed by atoms with van der Waals surface area (Å²) in [6.45, 7) is 2.04. The predicted octanol–water partition coefficient (Wildman–Crippen LogP) is 2.17. The second-order valence-corrected chi connectivity index (χ2v) is 4.39. The van der Waals surface area contributed by atoms with Crippen LogP contribution in [0.1, 0.15) is 37.8 Å². The summed E-state index contributed by atoms with van der Waals surface area (Å²) in [5, 5.41) is 0. The average Bonchev–Trinajstić information content (AvgIpc) is 2.38. The highest BCUT2D eigenvalue weighted by Gasteiger charge is 2.12. The third-order valence-corrected chi connectivity index (χ3v) is 2.84. The summed E-state index contributed by atoms with van der Waals surface area (Å²) in [6, 6.07) is 5.31. The zero-order valence-electron chi connectivity index (χ0n) is 11.9. The molecule has 0 fully saturated rings. The number of ether oxygens (including phenoxy) is 2. The Kier molecular flexibility index (Phi) is 8.96. The van der Waals surface area contributed by atoms with Crippen LogP contribution in [-0.4, -0.2) is 19.6 Å². The van der Waals surface area contributed by atoms with E-state index in [2.05, 4.69) is 0 Å². The first-order valence-electron chi connectivity index (χ1n) is 6.40. The van der Waals surface area contributed by atoms with Gasteiger partial charge in [-0.1, -0.05) is 12.5 Å². The number of rotatable bonds is 7. The Balaban J connectivity index is 0.00000361. The van der Waals surface area contributed by atoms with Crippen molar-refractivity contribution in [2.45, 2.75) is 32.2 Å². The Morgan fingerprint density at radius 1 is 1.30 bits per heavy atom. The first-order chi connectivity index (χ1) is 9.08. The number of nitrogens with two attached hydrogens (primary N) is 2. The number of unbranched alkanes of at least 4 members (excludes halogenated alkanes) is 1. The second kappa shape index (κ2) is 9.58. The molecule has 0 bridgehead atoms. The van der Waals surface area contributed by atoms with E-state index in [9.17, 15) is 4.79 Å². The molecular formula is C14H23ClN2O3. The summed E-state index contributed by atoms with van der Waals surface area (Å²) in [5.74, 6) is 0.549. The lowest BCUT2D eigenvalue weighted by Gasteiger charge is -2.15. The van der Waals surface area contributed by atoms with Crippen LogP contribution in [0.15, 0.2) is 18.2 Å². The van der Waals surface area contributed by atoms with Crippen LogP contribution in [0.5, 0.6) is 11.5 Å². The van der Waals surface area contributed by atoms with E-state index in [0.717, 1.165) is 24.8 Å². The van der Waals surface area contributed by atoms with E-state index in [-0.39, 0.29) is 24.4 Å². The molecule has 1 aromatic carbocycles. The standard InChI is InChI=1S/C14H22N2O3.ClH/c1-10(17)19-13-7-6-11(9-14(13)18-2)12(16)5-3-4-8-15;/h6-7,9,12H,3-5,8,15-16H2,1-2H3;1H/t12-;/m1./s1. The van der Waals surface area contributed by atoms with E-state index < -0.39 is 0 Å². The number of carbonyl (C=O) groups excluding carboxylic acids is 1. The lowest BCUT2D eigenvalue weighted by Crippen LogP contribution is -2.11. The Labute approximate surface area is 126 Å². The zero-order valence-corrected chi connectivity index (χ0v) is 12.7. The maximum Gasteiger partial charge on any atom is 0.308 e. The van der Waals surface area contributed by atoms with Gasteiger partial charge in [-0.2, -0.15) is 0 Å². The topological polar surface area (TPSA) is 87.6 Å². The van der Waals surface area contributed by atoms with Crippen molar-refractivity contribution in [3.63, 3.8) is 0 Å². The van der Waals surface area contributed by atoms with E-state index in [1.54, 1.807) is 6.07 Å². The molecule has 0 spiro atoms. The van der Waals surface area contributed by atoms with Gasteiger partial charge < -0.3 is 20.9 Å². The predicted molar refractivity (Wildman–Crippen MR) is 81.4 cm³/mol. The molecule has 0 aliphatic heterocycles. The third-order valence-electron chi connectivity index (χ3n) is 2.84. The van der Waals surface area contributed by atoms with E-state index in [4.69, 9.17) is 20.9 Å². The smallest absolute Gasteiger partial charge is 0.308 e. The van der Waals surface area contributed by atoms with Gasteiger partial charge in [0, 0.05) is 13.0 Å². The normalized spacial score (nSPS) is 11.4. The summed E-state index contributed by atoms with van der Waals surface area (Å²) >= 11 is 0. The Hall–Kier alpha value is -1.30. The molecule has 0 saturated heterocycles. The van der Waals surface area contributed by atoms with Crippen molar-refractivity contribution in [1.82, 2.24) is 0 Å². The van der Waals surface area contributed by atoms with Crippen LogP contribution in [0.4, 0.5) is 0 Å². The lowest BCUT2D eigenvalue weighted by molar-refractivity contribution is -0.132. The van der Waals surface area contributed by atoms with Crippen LogP contribution in [0, 0.1) is 0 Å². The molecule has 114 valence electrons. The highest BCUT2D eigenvalue weighted by molar-refractivity contribution is 5.85. The molecule has 0 aliphatic carbocycles. The number of methoxy groups -OCH3 is 1. The molecule has 6 heteroatoms. The SMILES string of the molecule is COc1cc([C@H](N)CCCCN)ccc1OC(C)=O.Cl. The minimum atomic E-state index is -0.377. The summed E-state index contributed by atoms with van der Waals surface area (Å²) < 4.78 is 10.3. The van der Waals surface area contributed by atoms with Gasteiger partial charge >= 0.3 is 5.97 Å². The van der Waals surface area contributed by atoms with Gasteiger partial charge in [0.2, 0.25) is 0 Å². The van der Waals surface area contributed by atoms with Crippen LogP contribution in [0.2, 0.25) is 0 Å². The van der Waals surface area contributed by atoms with E-state index in [0.29, 0.717) is 18.0 Å². The number of hydrogen-bond donors (Lipinski definition) is 2. The van der Waals surface area contributed by atoms with Gasteiger partial charge in [0.1, 0.15) is 0 Å². The number of hydrogen-bond acceptors (Lipinski definition) is 5. The summed E-state index contributed by atoms with van der Waals surface area (Å²) in [6.07, 6.45) is 2.83. The fourth-order valence-electron chi connectivity index (χ4n) is 1.83. The van der Waals surface area contributed by atoms with E-state index in [1.807, 2.05) is 12.1 Å². The number of carbonyl (C=O) groups is 1. The molecule has 1 aromatic rings. The molecule has 1 atom stereocenters. The monoisotopic (exact) mass is 302 g/mol. The van der Waals surface area contributed by atoms with Gasteiger partial charge in [0.05, 0.1) is 7.11 Å². The quantitative estimate of drug-likeness (QED) is 0.458. The van der Waals surface area contributed by atoms with Crippen molar-refractivity contribution < 1.29 is 14.3 Å². The second-order valence-electron chi connectivity index (χ2n) is 4.39. The van der Waals surface area contributed by atoms with Crippen LogP contribution < -0.4 is 20.9 Å². The minimum absolute atomic E-state index is 0. The fraction of sp³-hybridized carbons (Fsp3) is 0.500. The fourth-order valence-corrected chi connectivity index (χ4v) is 1.83. The molecule has 0 radical (unpaired) electrons. The molecule has 1 rings (SSSR count). The minimum Gasteiger partial charge on any atom is -0.493 e. The lowest BCUT2D eigenvalue weighted by atomic mass is 10.0. The van der Waals surface area contributed by atoms with Crippen molar-refractivity contribution in [3.8, 4) is 11.5 Å². The molecule has 0 heterocycles. The Morgan fingerprint density at radius 2 is 2.00 bits per heavy atom. The Morgan fingerprint density at radius 3 is 2.55 bits per heavy atom. The molecule has 0 aliphatic rings. The highest BCUT2D eigenvalue weighted by atomic mass is 35.5. The molecule has 0 aromatic heterocycles. The van der Waals surface area contributed by atoms with Crippen molar-refractivity contribution in [2.24, 2.45) is 11.5 Å². The molecule has 4 N–H and O–H groups in total. The van der Waals surface area contributed by atoms with E-state index in [1.165, 1.54) is 14.0 Å². The molecule has 0 amide bonds. The molecular weight excluding hydrogens is 280 g/mol. The van der Waals surface area contributed by atoms with Gasteiger partial charge in [-0.25, -0.2) is 0 Å². The van der Waals surface area contributed by atoms with Gasteiger partial charge in [-0.05, 0) is 37.1 Å². The van der Waals surface area contributed by atoms with Crippen molar-refractivity contribution >= 4 is 18.4 Å². The molecule has 0 saturated carbocycles. The van der Waals surface area contributed by atoms with E-state index >= 15 is 0 Å². The van der Waals surface area contributed by atoms with Crippen molar-refractivity contribution in [3.05, 3.63) is 23.8 Å². The maximum absolute atomic E-state index is 11.0. The number of esters is 1. The molecule has 0 unspecified atom stereocenters. The van der Waals surface area contributed by atoms with Gasteiger partial charge in [0.15, 0.2) is 11.5 Å².